The minimum atomic E-state index is -3.16. The van der Waals surface area contributed by atoms with Crippen molar-refractivity contribution >= 4 is 35.2 Å². The first-order valence-electron chi connectivity index (χ1n) is 10.2. The van der Waals surface area contributed by atoms with E-state index in [0.717, 1.165) is 6.20 Å². The number of amides is 1. The Morgan fingerprint density at radius 3 is 2.71 bits per heavy atom. The first-order valence-corrected chi connectivity index (χ1v) is 11.0. The molecule has 0 saturated heterocycles. The number of fused-ring (bicyclic) bond motifs is 1. The molecule has 1 aromatic carbocycles. The Labute approximate surface area is 207 Å². The van der Waals surface area contributed by atoms with E-state index in [-0.39, 0.29) is 43.0 Å². The van der Waals surface area contributed by atoms with Crippen LogP contribution in [0, 0.1) is 5.82 Å². The third-order valence-electron chi connectivity index (χ3n) is 4.94. The lowest BCUT2D eigenvalue weighted by Crippen LogP contribution is -2.30. The number of carbonyl (C=O) groups is 1. The molecule has 35 heavy (non-hydrogen) atoms. The third kappa shape index (κ3) is 5.88. The number of aromatic nitrogens is 4. The molecule has 0 atom stereocenters. The van der Waals surface area contributed by atoms with Gasteiger partial charge in [0, 0.05) is 17.5 Å². The molecule has 0 aliphatic carbocycles. The van der Waals surface area contributed by atoms with Gasteiger partial charge in [0.1, 0.15) is 12.4 Å². The number of nitrogens with two attached hydrogens (primary N) is 1. The van der Waals surface area contributed by atoms with Crippen LogP contribution in [-0.2, 0) is 24.4 Å². The van der Waals surface area contributed by atoms with Crippen molar-refractivity contribution in [3.8, 4) is 17.0 Å². The molecular formula is C21H19Cl2F3N6O3. The van der Waals surface area contributed by atoms with Crippen LogP contribution in [0.2, 0.25) is 10.0 Å². The average Bonchev–Trinajstić information content (AvgIpc) is 3.37. The average molecular weight is 531 g/mol. The summed E-state index contributed by atoms with van der Waals surface area (Å²) < 4.78 is 51.3. The van der Waals surface area contributed by atoms with Gasteiger partial charge in [-0.15, -0.1) is 0 Å². The standard InChI is InChI=1S/C21H19Cl2F3N6O3/c1-21(25,26)10-35-20(33)31-8-13-15(9-31)29-19(27)30-18(13)17-14(23)4-11(22)5-16(17)34-3-2-32-7-12(24)6-28-32/h4-7H,2-3,8-10H2,1H3,(H2,27,29,30). The highest BCUT2D eigenvalue weighted by Crippen LogP contribution is 2.42. The number of hydrogen-bond acceptors (Lipinski definition) is 7. The van der Waals surface area contributed by atoms with Gasteiger partial charge in [0.15, 0.2) is 12.4 Å². The van der Waals surface area contributed by atoms with E-state index in [9.17, 15) is 18.0 Å². The smallest absolute Gasteiger partial charge is 0.410 e. The first kappa shape index (κ1) is 24.9. The number of halogens is 5. The predicted molar refractivity (Wildman–Crippen MR) is 121 cm³/mol. The van der Waals surface area contributed by atoms with Crippen molar-refractivity contribution < 1.29 is 27.4 Å². The van der Waals surface area contributed by atoms with Crippen molar-refractivity contribution in [3.05, 3.63) is 51.6 Å². The molecule has 0 radical (unpaired) electrons. The number of ether oxygens (including phenoxy) is 2. The Kier molecular flexibility index (Phi) is 6.95. The van der Waals surface area contributed by atoms with Gasteiger partial charge >= 0.3 is 6.09 Å². The van der Waals surface area contributed by atoms with Gasteiger partial charge < -0.3 is 15.2 Å². The van der Waals surface area contributed by atoms with Crippen LogP contribution >= 0.6 is 23.2 Å². The lowest BCUT2D eigenvalue weighted by atomic mass is 10.0. The van der Waals surface area contributed by atoms with E-state index in [2.05, 4.69) is 15.1 Å². The molecule has 9 nitrogen and oxygen atoms in total. The molecule has 2 aromatic heterocycles. The monoisotopic (exact) mass is 530 g/mol. The van der Waals surface area contributed by atoms with E-state index >= 15 is 0 Å². The number of nitrogen functional groups attached to an aromatic ring is 1. The maximum atomic E-state index is 13.2. The highest BCUT2D eigenvalue weighted by atomic mass is 35.5. The molecule has 0 bridgehead atoms. The predicted octanol–water partition coefficient (Wildman–Crippen LogP) is 4.55. The van der Waals surface area contributed by atoms with Crippen LogP contribution in [0.3, 0.4) is 0 Å². The van der Waals surface area contributed by atoms with Crippen LogP contribution in [-0.4, -0.2) is 49.9 Å². The van der Waals surface area contributed by atoms with E-state index in [1.165, 1.54) is 27.9 Å². The Bertz CT molecular complexity index is 1270. The first-order chi connectivity index (χ1) is 16.5. The summed E-state index contributed by atoms with van der Waals surface area (Å²) in [6.45, 7) is -0.118. The van der Waals surface area contributed by atoms with Crippen LogP contribution in [0.5, 0.6) is 5.75 Å². The zero-order chi connectivity index (χ0) is 25.3. The van der Waals surface area contributed by atoms with Crippen LogP contribution < -0.4 is 10.5 Å². The largest absolute Gasteiger partial charge is 0.491 e. The second kappa shape index (κ2) is 9.78. The second-order valence-corrected chi connectivity index (χ2v) is 8.71. The molecule has 1 amide bonds. The molecular weight excluding hydrogens is 512 g/mol. The van der Waals surface area contributed by atoms with Gasteiger partial charge in [0.2, 0.25) is 5.95 Å². The maximum Gasteiger partial charge on any atom is 0.410 e. The fraction of sp³-hybridized carbons (Fsp3) is 0.333. The summed E-state index contributed by atoms with van der Waals surface area (Å²) in [6.07, 6.45) is 1.36. The van der Waals surface area contributed by atoms with Crippen LogP contribution in [0.1, 0.15) is 18.2 Å². The van der Waals surface area contributed by atoms with Gasteiger partial charge in [-0.25, -0.2) is 27.9 Å². The zero-order valence-corrected chi connectivity index (χ0v) is 19.8. The van der Waals surface area contributed by atoms with Gasteiger partial charge in [0.25, 0.3) is 5.92 Å². The molecule has 0 spiro atoms. The van der Waals surface area contributed by atoms with E-state index in [4.69, 9.17) is 38.4 Å². The van der Waals surface area contributed by atoms with Crippen LogP contribution in [0.15, 0.2) is 24.5 Å². The molecule has 186 valence electrons. The molecule has 2 N–H and O–H groups in total. The minimum absolute atomic E-state index is 0.0184. The third-order valence-corrected chi connectivity index (χ3v) is 5.46. The molecule has 0 fully saturated rings. The lowest BCUT2D eigenvalue weighted by molar-refractivity contribution is -0.0455. The number of alkyl halides is 2. The Morgan fingerprint density at radius 1 is 1.26 bits per heavy atom. The summed E-state index contributed by atoms with van der Waals surface area (Å²) in [5, 5.41) is 4.35. The maximum absolute atomic E-state index is 13.2. The van der Waals surface area contributed by atoms with Crippen molar-refractivity contribution in [1.29, 1.82) is 0 Å². The molecule has 4 rings (SSSR count). The summed E-state index contributed by atoms with van der Waals surface area (Å²) in [4.78, 5) is 22.0. The summed E-state index contributed by atoms with van der Waals surface area (Å²) in [5.74, 6) is -3.46. The number of nitrogens with zero attached hydrogens (tertiary/aromatic N) is 5. The molecule has 0 unspecified atom stereocenters. The molecule has 1 aliphatic heterocycles. The number of benzene rings is 1. The van der Waals surface area contributed by atoms with E-state index in [1.807, 2.05) is 0 Å². The topological polar surface area (TPSA) is 108 Å². The molecule has 3 heterocycles. The number of carbonyl (C=O) groups excluding carboxylic acids is 1. The van der Waals surface area contributed by atoms with Crippen LogP contribution in [0.4, 0.5) is 23.9 Å². The quantitative estimate of drug-likeness (QED) is 0.477. The lowest BCUT2D eigenvalue weighted by Gasteiger charge is -2.18. The van der Waals surface area contributed by atoms with Gasteiger partial charge in [0.05, 0.1) is 54.0 Å². The summed E-state index contributed by atoms with van der Waals surface area (Å²) in [6, 6.07) is 3.02. The van der Waals surface area contributed by atoms with Crippen molar-refractivity contribution in [1.82, 2.24) is 24.6 Å². The second-order valence-electron chi connectivity index (χ2n) is 7.87. The fourth-order valence-electron chi connectivity index (χ4n) is 3.49. The van der Waals surface area contributed by atoms with Gasteiger partial charge in [-0.2, -0.15) is 5.10 Å². The highest BCUT2D eigenvalue weighted by Gasteiger charge is 2.33. The number of anilines is 1. The SMILES string of the molecule is CC(F)(F)COC(=O)N1Cc2nc(N)nc(-c3c(Cl)cc(Cl)cc3OCCn3cc(F)cn3)c2C1. The van der Waals surface area contributed by atoms with Crippen molar-refractivity contribution in [2.24, 2.45) is 0 Å². The van der Waals surface area contributed by atoms with E-state index < -0.39 is 24.4 Å². The fourth-order valence-corrected chi connectivity index (χ4v) is 4.06. The summed E-state index contributed by atoms with van der Waals surface area (Å²) in [5.41, 5.74) is 7.46. The molecule has 3 aromatic rings. The number of hydrogen-bond donors (Lipinski definition) is 1. The van der Waals surface area contributed by atoms with Gasteiger partial charge in [-0.05, 0) is 12.1 Å². The minimum Gasteiger partial charge on any atom is -0.491 e. The van der Waals surface area contributed by atoms with Crippen molar-refractivity contribution in [3.63, 3.8) is 0 Å². The van der Waals surface area contributed by atoms with E-state index in [0.29, 0.717) is 34.5 Å². The van der Waals surface area contributed by atoms with Crippen molar-refractivity contribution in [2.75, 3.05) is 18.9 Å². The highest BCUT2D eigenvalue weighted by molar-refractivity contribution is 6.37. The zero-order valence-electron chi connectivity index (χ0n) is 18.3. The van der Waals surface area contributed by atoms with Crippen molar-refractivity contribution in [2.45, 2.75) is 32.5 Å². The molecule has 0 saturated carbocycles. The van der Waals surface area contributed by atoms with E-state index in [1.54, 1.807) is 0 Å². The molecule has 1 aliphatic rings. The summed E-state index contributed by atoms with van der Waals surface area (Å²) >= 11 is 12.7. The summed E-state index contributed by atoms with van der Waals surface area (Å²) in [7, 11) is 0. The Hall–Kier alpha value is -3.25. The Morgan fingerprint density at radius 2 is 2.03 bits per heavy atom. The van der Waals surface area contributed by atoms with Gasteiger partial charge in [-0.3, -0.25) is 9.58 Å². The van der Waals surface area contributed by atoms with Crippen LogP contribution in [0.25, 0.3) is 11.3 Å². The number of rotatable bonds is 7. The Balaban J connectivity index is 1.62. The van der Waals surface area contributed by atoms with Gasteiger partial charge in [-0.1, -0.05) is 23.2 Å². The normalized spacial score (nSPS) is 13.1. The molecule has 14 heteroatoms.